The van der Waals surface area contributed by atoms with E-state index >= 15 is 0 Å². The van der Waals surface area contributed by atoms with Crippen LogP contribution >= 0.6 is 0 Å². The fourth-order valence-electron chi connectivity index (χ4n) is 4.16. The Bertz CT molecular complexity index is 665. The van der Waals surface area contributed by atoms with Crippen LogP contribution in [0.25, 0.3) is 0 Å². The van der Waals surface area contributed by atoms with E-state index in [4.69, 9.17) is 9.73 Å². The Morgan fingerprint density at radius 3 is 2.79 bits per heavy atom. The molecule has 1 aromatic carbocycles. The highest BCUT2D eigenvalue weighted by Gasteiger charge is 2.23. The fourth-order valence-corrected chi connectivity index (χ4v) is 4.16. The molecule has 160 valence electrons. The lowest BCUT2D eigenvalue weighted by molar-refractivity contribution is -0.124. The molecule has 1 saturated carbocycles. The SMILES string of the molecule is CCNC(=NCc1cccc(NC(=O)C2CCCO2)c1)NCCCC1CCCC1. The smallest absolute Gasteiger partial charge is 0.253 e. The predicted molar refractivity (Wildman–Crippen MR) is 118 cm³/mol. The van der Waals surface area contributed by atoms with Crippen LogP contribution in [-0.2, 0) is 16.1 Å². The highest BCUT2D eigenvalue weighted by atomic mass is 16.5. The summed E-state index contributed by atoms with van der Waals surface area (Å²) in [7, 11) is 0. The van der Waals surface area contributed by atoms with Crippen LogP contribution in [0.1, 0.15) is 63.9 Å². The van der Waals surface area contributed by atoms with Gasteiger partial charge in [0.2, 0.25) is 0 Å². The number of aliphatic imine (C=N–C) groups is 1. The van der Waals surface area contributed by atoms with Crippen LogP contribution in [-0.4, -0.2) is 37.7 Å². The summed E-state index contributed by atoms with van der Waals surface area (Å²) in [6.07, 6.45) is 9.60. The number of amides is 1. The van der Waals surface area contributed by atoms with E-state index in [0.29, 0.717) is 13.2 Å². The molecule has 0 radical (unpaired) electrons. The minimum Gasteiger partial charge on any atom is -0.368 e. The molecule has 2 aliphatic rings. The van der Waals surface area contributed by atoms with E-state index in [-0.39, 0.29) is 12.0 Å². The molecule has 1 aliphatic heterocycles. The maximum atomic E-state index is 12.2. The summed E-state index contributed by atoms with van der Waals surface area (Å²) >= 11 is 0. The molecule has 6 heteroatoms. The van der Waals surface area contributed by atoms with Crippen LogP contribution in [0.5, 0.6) is 0 Å². The summed E-state index contributed by atoms with van der Waals surface area (Å²) in [5.74, 6) is 1.73. The summed E-state index contributed by atoms with van der Waals surface area (Å²) in [4.78, 5) is 16.9. The molecular formula is C23H36N4O2. The lowest BCUT2D eigenvalue weighted by atomic mass is 10.0. The summed E-state index contributed by atoms with van der Waals surface area (Å²) in [6.45, 7) is 5.12. The van der Waals surface area contributed by atoms with Crippen molar-refractivity contribution in [1.82, 2.24) is 10.6 Å². The number of rotatable bonds is 9. The number of hydrogen-bond donors (Lipinski definition) is 3. The van der Waals surface area contributed by atoms with Gasteiger partial charge in [-0.3, -0.25) is 4.79 Å². The van der Waals surface area contributed by atoms with E-state index in [9.17, 15) is 4.79 Å². The van der Waals surface area contributed by atoms with Gasteiger partial charge in [-0.25, -0.2) is 4.99 Å². The number of carbonyl (C=O) groups excluding carboxylic acids is 1. The molecule has 0 bridgehead atoms. The van der Waals surface area contributed by atoms with Crippen LogP contribution in [0.3, 0.4) is 0 Å². The molecule has 0 spiro atoms. The Kier molecular flexibility index (Phi) is 8.81. The van der Waals surface area contributed by atoms with Gasteiger partial charge in [-0.2, -0.15) is 0 Å². The number of carbonyl (C=O) groups is 1. The second-order valence-electron chi connectivity index (χ2n) is 8.11. The van der Waals surface area contributed by atoms with Gasteiger partial charge < -0.3 is 20.7 Å². The highest BCUT2D eigenvalue weighted by molar-refractivity contribution is 5.94. The molecule has 1 atom stereocenters. The molecule has 1 heterocycles. The summed E-state index contributed by atoms with van der Waals surface area (Å²) < 4.78 is 5.45. The van der Waals surface area contributed by atoms with Crippen LogP contribution in [0, 0.1) is 5.92 Å². The van der Waals surface area contributed by atoms with Gasteiger partial charge in [-0.1, -0.05) is 37.8 Å². The van der Waals surface area contributed by atoms with Gasteiger partial charge in [0.25, 0.3) is 5.91 Å². The third-order valence-corrected chi connectivity index (χ3v) is 5.74. The van der Waals surface area contributed by atoms with Gasteiger partial charge in [-0.05, 0) is 56.2 Å². The van der Waals surface area contributed by atoms with Gasteiger partial charge >= 0.3 is 0 Å². The van der Waals surface area contributed by atoms with Crippen molar-refractivity contribution < 1.29 is 9.53 Å². The van der Waals surface area contributed by atoms with Crippen LogP contribution < -0.4 is 16.0 Å². The van der Waals surface area contributed by atoms with Crippen molar-refractivity contribution in [2.24, 2.45) is 10.9 Å². The minimum atomic E-state index is -0.314. The van der Waals surface area contributed by atoms with Crippen LogP contribution in [0.4, 0.5) is 5.69 Å². The van der Waals surface area contributed by atoms with Crippen molar-refractivity contribution >= 4 is 17.6 Å². The average molecular weight is 401 g/mol. The second kappa shape index (κ2) is 11.8. The summed E-state index contributed by atoms with van der Waals surface area (Å²) in [5, 5.41) is 9.73. The predicted octanol–water partition coefficient (Wildman–Crippen LogP) is 3.83. The number of hydrogen-bond acceptors (Lipinski definition) is 3. The van der Waals surface area contributed by atoms with E-state index in [1.807, 2.05) is 24.3 Å². The van der Waals surface area contributed by atoms with Crippen molar-refractivity contribution in [2.45, 2.75) is 70.9 Å². The highest BCUT2D eigenvalue weighted by Crippen LogP contribution is 2.28. The first-order chi connectivity index (χ1) is 14.2. The van der Waals surface area contributed by atoms with Gasteiger partial charge in [0.15, 0.2) is 5.96 Å². The first-order valence-electron chi connectivity index (χ1n) is 11.3. The Morgan fingerprint density at radius 1 is 1.17 bits per heavy atom. The van der Waals surface area contributed by atoms with Crippen molar-refractivity contribution in [2.75, 3.05) is 25.0 Å². The van der Waals surface area contributed by atoms with E-state index in [1.54, 1.807) is 0 Å². The number of anilines is 1. The third-order valence-electron chi connectivity index (χ3n) is 5.74. The average Bonchev–Trinajstić information content (AvgIpc) is 3.44. The maximum Gasteiger partial charge on any atom is 0.253 e. The summed E-state index contributed by atoms with van der Waals surface area (Å²) in [5.41, 5.74) is 1.87. The van der Waals surface area contributed by atoms with Crippen LogP contribution in [0.2, 0.25) is 0 Å². The van der Waals surface area contributed by atoms with E-state index in [1.165, 1.54) is 38.5 Å². The normalized spacial score (nSPS) is 20.0. The molecule has 1 amide bonds. The lowest BCUT2D eigenvalue weighted by Gasteiger charge is -2.13. The number of nitrogens with one attached hydrogen (secondary N) is 3. The van der Waals surface area contributed by atoms with E-state index in [0.717, 1.165) is 49.1 Å². The zero-order chi connectivity index (χ0) is 20.3. The Balaban J connectivity index is 1.46. The summed E-state index contributed by atoms with van der Waals surface area (Å²) in [6, 6.07) is 7.89. The Morgan fingerprint density at radius 2 is 2.03 bits per heavy atom. The molecule has 6 nitrogen and oxygen atoms in total. The Labute approximate surface area is 174 Å². The monoisotopic (exact) mass is 400 g/mol. The zero-order valence-electron chi connectivity index (χ0n) is 17.7. The molecule has 0 aromatic heterocycles. The molecule has 2 fully saturated rings. The second-order valence-corrected chi connectivity index (χ2v) is 8.11. The standard InChI is InChI=1S/C23H36N4O2/c1-2-24-23(25-14-6-11-18-8-3-4-9-18)26-17-19-10-5-12-20(16-19)27-22(28)21-13-7-15-29-21/h5,10,12,16,18,21H,2-4,6-9,11,13-15,17H2,1H3,(H,27,28)(H2,24,25,26). The largest absolute Gasteiger partial charge is 0.368 e. The maximum absolute atomic E-state index is 12.2. The topological polar surface area (TPSA) is 74.8 Å². The van der Waals surface area contributed by atoms with Gasteiger partial charge in [0.05, 0.1) is 6.54 Å². The number of nitrogens with zero attached hydrogens (tertiary/aromatic N) is 1. The fraction of sp³-hybridized carbons (Fsp3) is 0.652. The zero-order valence-corrected chi connectivity index (χ0v) is 17.7. The Hall–Kier alpha value is -2.08. The third kappa shape index (κ3) is 7.35. The van der Waals surface area contributed by atoms with Crippen molar-refractivity contribution in [3.05, 3.63) is 29.8 Å². The molecule has 1 unspecified atom stereocenters. The number of ether oxygens (including phenoxy) is 1. The van der Waals surface area contributed by atoms with Gasteiger partial charge in [0, 0.05) is 25.4 Å². The van der Waals surface area contributed by atoms with E-state index < -0.39 is 0 Å². The number of guanidine groups is 1. The quantitative estimate of drug-likeness (QED) is 0.335. The van der Waals surface area contributed by atoms with Crippen molar-refractivity contribution in [3.63, 3.8) is 0 Å². The number of benzene rings is 1. The molecule has 3 rings (SSSR count). The molecular weight excluding hydrogens is 364 g/mol. The van der Waals surface area contributed by atoms with Crippen molar-refractivity contribution in [1.29, 1.82) is 0 Å². The first kappa shape index (κ1) is 21.6. The first-order valence-corrected chi connectivity index (χ1v) is 11.3. The van der Waals surface area contributed by atoms with Gasteiger partial charge in [0.1, 0.15) is 6.10 Å². The molecule has 1 aromatic rings. The molecule has 1 saturated heterocycles. The van der Waals surface area contributed by atoms with Crippen molar-refractivity contribution in [3.8, 4) is 0 Å². The molecule has 1 aliphatic carbocycles. The van der Waals surface area contributed by atoms with E-state index in [2.05, 4.69) is 22.9 Å². The molecule has 3 N–H and O–H groups in total. The molecule has 29 heavy (non-hydrogen) atoms. The van der Waals surface area contributed by atoms with Gasteiger partial charge in [-0.15, -0.1) is 0 Å². The minimum absolute atomic E-state index is 0.0552. The van der Waals surface area contributed by atoms with Crippen LogP contribution in [0.15, 0.2) is 29.3 Å². The lowest BCUT2D eigenvalue weighted by Crippen LogP contribution is -2.37.